The Hall–Kier alpha value is -3.65. The number of aromatic amines is 1. The van der Waals surface area contributed by atoms with Crippen LogP contribution in [0.25, 0.3) is 22.5 Å². The summed E-state index contributed by atoms with van der Waals surface area (Å²) >= 11 is 0. The molecule has 2 aromatic carbocycles. The highest BCUT2D eigenvalue weighted by atomic mass is 16.5. The number of nitrogens with zero attached hydrogens (tertiary/aromatic N) is 2. The van der Waals surface area contributed by atoms with E-state index < -0.39 is 5.69 Å². The Morgan fingerprint density at radius 3 is 2.52 bits per heavy atom. The molecule has 3 N–H and O–H groups in total. The monoisotopic (exact) mass is 422 g/mol. The summed E-state index contributed by atoms with van der Waals surface area (Å²) < 4.78 is 5.52. The molecule has 31 heavy (non-hydrogen) atoms. The van der Waals surface area contributed by atoms with Crippen LogP contribution in [0.3, 0.4) is 0 Å². The number of H-pyrrole nitrogens is 1. The molecule has 1 amide bonds. The normalized spacial score (nSPS) is 10.8. The molecular formula is C23H26N4O4. The molecule has 8 nitrogen and oxygen atoms in total. The number of carbonyl (C=O) groups excluding carboxylic acids is 1. The number of hydrogen-bond acceptors (Lipinski definition) is 6. The van der Waals surface area contributed by atoms with Gasteiger partial charge in [0, 0.05) is 18.7 Å². The van der Waals surface area contributed by atoms with Crippen molar-refractivity contribution < 1.29 is 14.6 Å². The summed E-state index contributed by atoms with van der Waals surface area (Å²) in [5.41, 5.74) is 2.87. The number of aryl methyl sites for hydroxylation is 1. The summed E-state index contributed by atoms with van der Waals surface area (Å²) in [6.45, 7) is 3.04. The van der Waals surface area contributed by atoms with E-state index >= 15 is 0 Å². The van der Waals surface area contributed by atoms with Crippen LogP contribution in [-0.2, 0) is 4.79 Å². The molecule has 0 aliphatic carbocycles. The minimum absolute atomic E-state index is 0.0663. The third-order valence-corrected chi connectivity index (χ3v) is 4.65. The molecule has 162 valence electrons. The summed E-state index contributed by atoms with van der Waals surface area (Å²) in [6, 6.07) is 13.9. The van der Waals surface area contributed by atoms with Gasteiger partial charge in [-0.15, -0.1) is 0 Å². The first-order valence-electron chi connectivity index (χ1n) is 9.88. The summed E-state index contributed by atoms with van der Waals surface area (Å²) in [4.78, 5) is 32.7. The number of phenols is 1. The van der Waals surface area contributed by atoms with Gasteiger partial charge >= 0.3 is 5.69 Å². The zero-order valence-electron chi connectivity index (χ0n) is 17.8. The van der Waals surface area contributed by atoms with E-state index in [2.05, 4.69) is 15.3 Å². The number of nitrogens with one attached hydrogen (secondary N) is 2. The van der Waals surface area contributed by atoms with Gasteiger partial charge in [-0.05, 0) is 80.7 Å². The summed E-state index contributed by atoms with van der Waals surface area (Å²) in [5.74, 6) is 0.561. The first-order valence-corrected chi connectivity index (χ1v) is 9.88. The van der Waals surface area contributed by atoms with E-state index in [0.29, 0.717) is 29.2 Å². The van der Waals surface area contributed by atoms with Crippen molar-refractivity contribution >= 4 is 5.91 Å². The molecule has 0 atom stereocenters. The molecule has 0 saturated heterocycles. The van der Waals surface area contributed by atoms with Crippen LogP contribution in [0.15, 0.2) is 53.3 Å². The minimum atomic E-state index is -0.465. The third kappa shape index (κ3) is 6.16. The van der Waals surface area contributed by atoms with Crippen LogP contribution in [0.2, 0.25) is 0 Å². The highest BCUT2D eigenvalue weighted by Gasteiger charge is 2.08. The van der Waals surface area contributed by atoms with E-state index in [1.54, 1.807) is 55.5 Å². The maximum Gasteiger partial charge on any atom is 0.345 e. The van der Waals surface area contributed by atoms with Crippen molar-refractivity contribution in [1.29, 1.82) is 0 Å². The van der Waals surface area contributed by atoms with Gasteiger partial charge < -0.3 is 25.0 Å². The summed E-state index contributed by atoms with van der Waals surface area (Å²) in [5, 5.41) is 12.5. The van der Waals surface area contributed by atoms with Crippen molar-refractivity contribution in [2.45, 2.75) is 6.92 Å². The third-order valence-electron chi connectivity index (χ3n) is 4.65. The highest BCUT2D eigenvalue weighted by molar-refractivity contribution is 5.77. The lowest BCUT2D eigenvalue weighted by atomic mass is 10.1. The van der Waals surface area contributed by atoms with Crippen molar-refractivity contribution in [2.24, 2.45) is 0 Å². The van der Waals surface area contributed by atoms with E-state index in [9.17, 15) is 14.7 Å². The van der Waals surface area contributed by atoms with Gasteiger partial charge in [-0.25, -0.2) is 4.79 Å². The quantitative estimate of drug-likeness (QED) is 0.514. The largest absolute Gasteiger partial charge is 0.508 e. The van der Waals surface area contributed by atoms with E-state index in [1.165, 1.54) is 0 Å². The van der Waals surface area contributed by atoms with Gasteiger partial charge in [0.1, 0.15) is 11.5 Å². The number of rotatable bonds is 8. The van der Waals surface area contributed by atoms with Gasteiger partial charge in [-0.3, -0.25) is 4.79 Å². The molecule has 0 aliphatic heterocycles. The zero-order chi connectivity index (χ0) is 22.4. The fourth-order valence-electron chi connectivity index (χ4n) is 2.93. The zero-order valence-corrected chi connectivity index (χ0v) is 17.8. The highest BCUT2D eigenvalue weighted by Crippen LogP contribution is 2.26. The Labute approximate surface area is 180 Å². The van der Waals surface area contributed by atoms with Gasteiger partial charge in [0.25, 0.3) is 5.91 Å². The van der Waals surface area contributed by atoms with Crippen LogP contribution in [0.5, 0.6) is 11.5 Å². The van der Waals surface area contributed by atoms with E-state index in [0.717, 1.165) is 17.7 Å². The SMILES string of the molecule is Cc1cc(-c2cc(-c3ccc(OCC(=O)NCCN(C)C)cc3)[nH]c(=O)n2)ccc1O. The second-order valence-electron chi connectivity index (χ2n) is 7.45. The number of amides is 1. The standard InChI is InChI=1S/C23H26N4O4/c1-15-12-17(6-9-21(15)28)20-13-19(25-23(30)26-20)16-4-7-18(8-5-16)31-14-22(29)24-10-11-27(2)3/h4-9,12-13,28H,10-11,14H2,1-3H3,(H,24,29)(H,25,26,30). The van der Waals surface area contributed by atoms with Crippen LogP contribution >= 0.6 is 0 Å². The summed E-state index contributed by atoms with van der Waals surface area (Å²) in [6.07, 6.45) is 0. The molecule has 1 heterocycles. The van der Waals surface area contributed by atoms with Crippen LogP contribution in [0, 0.1) is 6.92 Å². The molecule has 0 unspecified atom stereocenters. The van der Waals surface area contributed by atoms with Crippen LogP contribution in [0.4, 0.5) is 0 Å². The predicted octanol–water partition coefficient (Wildman–Crippen LogP) is 2.17. The molecule has 3 aromatic rings. The number of likely N-dealkylation sites (N-methyl/N-ethyl adjacent to an activating group) is 1. The molecule has 0 spiro atoms. The van der Waals surface area contributed by atoms with Gasteiger partial charge in [-0.2, -0.15) is 4.98 Å². The lowest BCUT2D eigenvalue weighted by molar-refractivity contribution is -0.123. The molecule has 0 fully saturated rings. The number of phenolic OH excluding ortho intramolecular Hbond substituents is 1. The van der Waals surface area contributed by atoms with Crippen molar-refractivity contribution in [2.75, 3.05) is 33.8 Å². The molecule has 0 saturated carbocycles. The van der Waals surface area contributed by atoms with Crippen LogP contribution < -0.4 is 15.7 Å². The second kappa shape index (κ2) is 9.90. The first-order chi connectivity index (χ1) is 14.8. The first kappa shape index (κ1) is 22.0. The van der Waals surface area contributed by atoms with Gasteiger partial charge in [0.15, 0.2) is 6.61 Å². The average Bonchev–Trinajstić information content (AvgIpc) is 2.74. The molecule has 8 heteroatoms. The van der Waals surface area contributed by atoms with Crippen molar-refractivity contribution in [3.63, 3.8) is 0 Å². The maximum atomic E-state index is 12.1. The summed E-state index contributed by atoms with van der Waals surface area (Å²) in [7, 11) is 3.88. The number of aromatic nitrogens is 2. The molecular weight excluding hydrogens is 396 g/mol. The van der Waals surface area contributed by atoms with Crippen molar-refractivity contribution in [3.8, 4) is 34.0 Å². The topological polar surface area (TPSA) is 108 Å². The average molecular weight is 422 g/mol. The number of ether oxygens (including phenoxy) is 1. The Morgan fingerprint density at radius 1 is 1.13 bits per heavy atom. The Balaban J connectivity index is 1.69. The number of carbonyl (C=O) groups is 1. The Morgan fingerprint density at radius 2 is 1.84 bits per heavy atom. The van der Waals surface area contributed by atoms with Crippen LogP contribution in [-0.4, -0.2) is 59.7 Å². The minimum Gasteiger partial charge on any atom is -0.508 e. The maximum absolute atomic E-state index is 12.1. The number of benzene rings is 2. The van der Waals surface area contributed by atoms with E-state index in [1.807, 2.05) is 19.0 Å². The lowest BCUT2D eigenvalue weighted by Gasteiger charge is -2.11. The van der Waals surface area contributed by atoms with Crippen LogP contribution in [0.1, 0.15) is 5.56 Å². The Bertz CT molecular complexity index is 1110. The van der Waals surface area contributed by atoms with E-state index in [4.69, 9.17) is 4.74 Å². The lowest BCUT2D eigenvalue weighted by Crippen LogP contribution is -2.34. The molecule has 1 aromatic heterocycles. The molecule has 3 rings (SSSR count). The Kier molecular flexibility index (Phi) is 7.04. The fraction of sp³-hybridized carbons (Fsp3) is 0.261. The van der Waals surface area contributed by atoms with E-state index in [-0.39, 0.29) is 18.3 Å². The smallest absolute Gasteiger partial charge is 0.345 e. The molecule has 0 aliphatic rings. The second-order valence-corrected chi connectivity index (χ2v) is 7.45. The predicted molar refractivity (Wildman–Crippen MR) is 119 cm³/mol. The molecule has 0 bridgehead atoms. The van der Waals surface area contributed by atoms with Crippen molar-refractivity contribution in [1.82, 2.24) is 20.2 Å². The number of aromatic hydroxyl groups is 1. The van der Waals surface area contributed by atoms with Gasteiger partial charge in [0.05, 0.1) is 11.4 Å². The number of hydrogen-bond donors (Lipinski definition) is 3. The van der Waals surface area contributed by atoms with Gasteiger partial charge in [-0.1, -0.05) is 0 Å². The van der Waals surface area contributed by atoms with Gasteiger partial charge in [0.2, 0.25) is 0 Å². The van der Waals surface area contributed by atoms with Crippen molar-refractivity contribution in [3.05, 3.63) is 64.6 Å². The molecule has 0 radical (unpaired) electrons. The fourth-order valence-corrected chi connectivity index (χ4v) is 2.93.